The lowest BCUT2D eigenvalue weighted by atomic mass is 9.76. The molecule has 1 aromatic carbocycles. The standard InChI is InChI=1S/C25H38O5/c1-10-19(22(27)21(16(4)26)23(28)29-9)30-20-14-13-17(24(5,6)11-2)15-18(20)25(7,8)12-3/h13-15,19,21H,10-12H2,1-9H3. The molecule has 0 spiro atoms. The lowest BCUT2D eigenvalue weighted by Crippen LogP contribution is -2.41. The summed E-state index contributed by atoms with van der Waals surface area (Å²) in [4.78, 5) is 36.9. The highest BCUT2D eigenvalue weighted by molar-refractivity contribution is 6.17. The molecule has 5 nitrogen and oxygen atoms in total. The van der Waals surface area contributed by atoms with Crippen molar-refractivity contribution in [1.29, 1.82) is 0 Å². The van der Waals surface area contributed by atoms with Gasteiger partial charge >= 0.3 is 5.97 Å². The third-order valence-corrected chi connectivity index (χ3v) is 6.34. The molecular weight excluding hydrogens is 380 g/mol. The zero-order chi connectivity index (χ0) is 23.3. The molecule has 0 fully saturated rings. The van der Waals surface area contributed by atoms with Crippen LogP contribution >= 0.6 is 0 Å². The summed E-state index contributed by atoms with van der Waals surface area (Å²) in [6.45, 7) is 16.0. The van der Waals surface area contributed by atoms with Crippen molar-refractivity contribution in [3.63, 3.8) is 0 Å². The van der Waals surface area contributed by atoms with Crippen molar-refractivity contribution in [3.8, 4) is 5.75 Å². The summed E-state index contributed by atoms with van der Waals surface area (Å²) in [6.07, 6.45) is 1.32. The summed E-state index contributed by atoms with van der Waals surface area (Å²) in [5.74, 6) is -2.78. The minimum Gasteiger partial charge on any atom is -0.482 e. The minimum atomic E-state index is -1.46. The predicted molar refractivity (Wildman–Crippen MR) is 119 cm³/mol. The van der Waals surface area contributed by atoms with Gasteiger partial charge in [-0.1, -0.05) is 60.6 Å². The number of carbonyl (C=O) groups excluding carboxylic acids is 3. The highest BCUT2D eigenvalue weighted by Crippen LogP contribution is 2.39. The number of Topliss-reactive ketones (excluding diaryl/α,β-unsaturated/α-hetero) is 2. The number of methoxy groups -OCH3 is 1. The van der Waals surface area contributed by atoms with E-state index in [-0.39, 0.29) is 10.8 Å². The molecule has 1 rings (SSSR count). The normalized spacial score (nSPS) is 14.0. The fraction of sp³-hybridized carbons (Fsp3) is 0.640. The van der Waals surface area contributed by atoms with E-state index < -0.39 is 29.6 Å². The summed E-state index contributed by atoms with van der Waals surface area (Å²) >= 11 is 0. The Labute approximate surface area is 181 Å². The molecule has 30 heavy (non-hydrogen) atoms. The second kappa shape index (κ2) is 10.2. The number of rotatable bonds is 11. The van der Waals surface area contributed by atoms with Crippen molar-refractivity contribution in [3.05, 3.63) is 29.3 Å². The fourth-order valence-corrected chi connectivity index (χ4v) is 3.26. The molecule has 1 aromatic rings. The maximum absolute atomic E-state index is 13.0. The number of hydrogen-bond acceptors (Lipinski definition) is 5. The first-order chi connectivity index (χ1) is 13.9. The van der Waals surface area contributed by atoms with E-state index in [0.29, 0.717) is 12.2 Å². The van der Waals surface area contributed by atoms with Crippen LogP contribution in [0.4, 0.5) is 0 Å². The average Bonchev–Trinajstić information content (AvgIpc) is 2.71. The first-order valence-electron chi connectivity index (χ1n) is 10.8. The monoisotopic (exact) mass is 418 g/mol. The summed E-state index contributed by atoms with van der Waals surface area (Å²) in [6, 6.07) is 6.12. The fourth-order valence-electron chi connectivity index (χ4n) is 3.26. The Morgan fingerprint density at radius 3 is 1.97 bits per heavy atom. The molecule has 168 valence electrons. The van der Waals surface area contributed by atoms with Gasteiger partial charge in [0.05, 0.1) is 7.11 Å². The van der Waals surface area contributed by atoms with Crippen LogP contribution in [0.3, 0.4) is 0 Å². The Morgan fingerprint density at radius 2 is 1.53 bits per heavy atom. The van der Waals surface area contributed by atoms with Gasteiger partial charge in [0.15, 0.2) is 23.6 Å². The molecule has 0 heterocycles. The molecule has 0 aromatic heterocycles. The van der Waals surface area contributed by atoms with E-state index >= 15 is 0 Å². The van der Waals surface area contributed by atoms with Gasteiger partial charge < -0.3 is 9.47 Å². The van der Waals surface area contributed by atoms with Crippen LogP contribution in [0.2, 0.25) is 0 Å². The van der Waals surface area contributed by atoms with Crippen molar-refractivity contribution in [1.82, 2.24) is 0 Å². The molecular formula is C25H38O5. The Bertz CT molecular complexity index is 776. The second-order valence-corrected chi connectivity index (χ2v) is 9.17. The first kappa shape index (κ1) is 25.9. The average molecular weight is 419 g/mol. The van der Waals surface area contributed by atoms with Crippen molar-refractivity contribution < 1.29 is 23.9 Å². The van der Waals surface area contributed by atoms with E-state index in [4.69, 9.17) is 4.74 Å². The lowest BCUT2D eigenvalue weighted by molar-refractivity contribution is -0.154. The van der Waals surface area contributed by atoms with Gasteiger partial charge in [-0.3, -0.25) is 14.4 Å². The molecule has 2 atom stereocenters. The van der Waals surface area contributed by atoms with E-state index in [1.165, 1.54) is 19.6 Å². The number of ether oxygens (including phenoxy) is 2. The molecule has 0 N–H and O–H groups in total. The van der Waals surface area contributed by atoms with E-state index in [1.807, 2.05) is 12.1 Å². The third kappa shape index (κ3) is 5.71. The molecule has 0 saturated heterocycles. The van der Waals surface area contributed by atoms with E-state index in [1.54, 1.807) is 6.92 Å². The Morgan fingerprint density at radius 1 is 0.967 bits per heavy atom. The Kier molecular flexibility index (Phi) is 8.82. The Hall–Kier alpha value is -2.17. The van der Waals surface area contributed by atoms with Crippen molar-refractivity contribution in [2.24, 2.45) is 5.92 Å². The number of esters is 1. The third-order valence-electron chi connectivity index (χ3n) is 6.34. The van der Waals surface area contributed by atoms with Crippen LogP contribution in [-0.4, -0.2) is 30.7 Å². The Balaban J connectivity index is 3.43. The molecule has 0 bridgehead atoms. The van der Waals surface area contributed by atoms with Gasteiger partial charge in [0.1, 0.15) is 5.75 Å². The zero-order valence-electron chi connectivity index (χ0n) is 20.0. The van der Waals surface area contributed by atoms with Crippen LogP contribution in [-0.2, 0) is 30.0 Å². The van der Waals surface area contributed by atoms with Gasteiger partial charge in [-0.15, -0.1) is 0 Å². The number of carbonyl (C=O) groups is 3. The minimum absolute atomic E-state index is 0.0156. The largest absolute Gasteiger partial charge is 0.482 e. The number of benzene rings is 1. The summed E-state index contributed by atoms with van der Waals surface area (Å²) in [5, 5.41) is 0. The lowest BCUT2D eigenvalue weighted by Gasteiger charge is -2.31. The molecule has 0 aliphatic carbocycles. The molecule has 0 radical (unpaired) electrons. The quantitative estimate of drug-likeness (QED) is 0.366. The van der Waals surface area contributed by atoms with Crippen molar-refractivity contribution in [2.75, 3.05) is 7.11 Å². The first-order valence-corrected chi connectivity index (χ1v) is 10.8. The van der Waals surface area contributed by atoms with Crippen LogP contribution in [0.25, 0.3) is 0 Å². The SMILES string of the molecule is CCC(Oc1ccc(C(C)(C)CC)cc1C(C)(C)CC)C(=O)C(C(C)=O)C(=O)OC. The van der Waals surface area contributed by atoms with Crippen LogP contribution in [0.1, 0.15) is 85.8 Å². The van der Waals surface area contributed by atoms with Crippen molar-refractivity contribution >= 4 is 17.5 Å². The molecule has 0 aliphatic rings. The topological polar surface area (TPSA) is 69.7 Å². The number of ketones is 2. The van der Waals surface area contributed by atoms with E-state index in [9.17, 15) is 14.4 Å². The van der Waals surface area contributed by atoms with Gasteiger partial charge in [-0.2, -0.15) is 0 Å². The van der Waals surface area contributed by atoms with Crippen LogP contribution in [0.5, 0.6) is 5.75 Å². The zero-order valence-corrected chi connectivity index (χ0v) is 20.0. The van der Waals surface area contributed by atoms with E-state index in [0.717, 1.165) is 18.4 Å². The molecule has 0 aliphatic heterocycles. The van der Waals surface area contributed by atoms with Crippen LogP contribution in [0, 0.1) is 5.92 Å². The highest BCUT2D eigenvalue weighted by Gasteiger charge is 2.38. The highest BCUT2D eigenvalue weighted by atomic mass is 16.5. The van der Waals surface area contributed by atoms with E-state index in [2.05, 4.69) is 52.3 Å². The molecule has 0 saturated carbocycles. The molecule has 5 heteroatoms. The maximum Gasteiger partial charge on any atom is 0.323 e. The van der Waals surface area contributed by atoms with Gasteiger partial charge in [0.2, 0.25) is 0 Å². The van der Waals surface area contributed by atoms with Crippen molar-refractivity contribution in [2.45, 2.75) is 91.6 Å². The van der Waals surface area contributed by atoms with Gasteiger partial charge in [0.25, 0.3) is 0 Å². The molecule has 0 amide bonds. The maximum atomic E-state index is 13.0. The van der Waals surface area contributed by atoms with Crippen LogP contribution < -0.4 is 4.74 Å². The van der Waals surface area contributed by atoms with Gasteiger partial charge in [0, 0.05) is 5.56 Å². The number of hydrogen-bond donors (Lipinski definition) is 0. The van der Waals surface area contributed by atoms with Gasteiger partial charge in [-0.05, 0) is 48.6 Å². The summed E-state index contributed by atoms with van der Waals surface area (Å²) < 4.78 is 10.8. The summed E-state index contributed by atoms with van der Waals surface area (Å²) in [7, 11) is 1.17. The second-order valence-electron chi connectivity index (χ2n) is 9.17. The molecule has 2 unspecified atom stereocenters. The smallest absolute Gasteiger partial charge is 0.323 e. The predicted octanol–water partition coefficient (Wildman–Crippen LogP) is 5.17. The van der Waals surface area contributed by atoms with Crippen LogP contribution in [0.15, 0.2) is 18.2 Å². The summed E-state index contributed by atoms with van der Waals surface area (Å²) in [5.41, 5.74) is 2.08. The van der Waals surface area contributed by atoms with Gasteiger partial charge in [-0.25, -0.2) is 0 Å².